The first-order valence-corrected chi connectivity index (χ1v) is 8.44. The summed E-state index contributed by atoms with van der Waals surface area (Å²) in [5.41, 5.74) is 2.58. The number of furan rings is 1. The van der Waals surface area contributed by atoms with Crippen LogP contribution in [0.15, 0.2) is 41.0 Å². The van der Waals surface area contributed by atoms with E-state index < -0.39 is 0 Å². The molecule has 3 rings (SSSR count). The zero-order valence-electron chi connectivity index (χ0n) is 14.3. The highest BCUT2D eigenvalue weighted by molar-refractivity contribution is 5.97. The van der Waals surface area contributed by atoms with Crippen molar-refractivity contribution in [2.45, 2.75) is 26.4 Å². The van der Waals surface area contributed by atoms with Crippen molar-refractivity contribution in [1.29, 1.82) is 0 Å². The molecule has 0 spiro atoms. The average molecular weight is 342 g/mol. The largest absolute Gasteiger partial charge is 0.467 e. The Morgan fingerprint density at radius 1 is 1.32 bits per heavy atom. The van der Waals surface area contributed by atoms with E-state index >= 15 is 0 Å². The Labute approximate surface area is 146 Å². The summed E-state index contributed by atoms with van der Waals surface area (Å²) in [6, 6.07) is 9.18. The van der Waals surface area contributed by atoms with Gasteiger partial charge in [0.2, 0.25) is 5.91 Å². The summed E-state index contributed by atoms with van der Waals surface area (Å²) in [5.74, 6) is 0.724. The number of carbonyl (C=O) groups excluding carboxylic acids is 2. The number of hydrogen-bond donors (Lipinski definition) is 1. The van der Waals surface area contributed by atoms with Gasteiger partial charge in [0.25, 0.3) is 5.91 Å². The van der Waals surface area contributed by atoms with Crippen LogP contribution in [0.3, 0.4) is 0 Å². The highest BCUT2D eigenvalue weighted by Gasteiger charge is 2.22. The number of benzene rings is 1. The first-order valence-electron chi connectivity index (χ1n) is 8.44. The van der Waals surface area contributed by atoms with Crippen molar-refractivity contribution >= 4 is 17.5 Å². The number of ether oxygens (including phenoxy) is 1. The number of nitrogens with zero attached hydrogens (tertiary/aromatic N) is 1. The Bertz CT molecular complexity index is 740. The lowest BCUT2D eigenvalue weighted by molar-refractivity contribution is -0.116. The van der Waals surface area contributed by atoms with Gasteiger partial charge in [-0.2, -0.15) is 0 Å². The van der Waals surface area contributed by atoms with Crippen LogP contribution < -0.4 is 10.2 Å². The standard InChI is InChI=1S/C19H22N2O4/c1-14(22)21-9-7-15-12-16(5-6-18(15)21)19(23)20-8-3-10-24-13-17-4-2-11-25-17/h2,4-6,11-12H,3,7-10,13H2,1H3,(H,20,23). The van der Waals surface area contributed by atoms with Crippen LogP contribution >= 0.6 is 0 Å². The molecule has 0 aliphatic carbocycles. The van der Waals surface area contributed by atoms with E-state index in [0.717, 1.165) is 29.9 Å². The van der Waals surface area contributed by atoms with Crippen molar-refractivity contribution in [2.24, 2.45) is 0 Å². The summed E-state index contributed by atoms with van der Waals surface area (Å²) < 4.78 is 10.7. The number of rotatable bonds is 7. The number of amides is 2. The molecule has 0 radical (unpaired) electrons. The molecule has 2 aromatic rings. The van der Waals surface area contributed by atoms with Gasteiger partial charge in [-0.1, -0.05) is 0 Å². The van der Waals surface area contributed by atoms with Crippen LogP contribution in [0.5, 0.6) is 0 Å². The van der Waals surface area contributed by atoms with Gasteiger partial charge in [-0.05, 0) is 48.7 Å². The van der Waals surface area contributed by atoms with Crippen LogP contribution in [-0.2, 0) is 22.6 Å². The van der Waals surface area contributed by atoms with Crippen LogP contribution in [0.1, 0.15) is 35.0 Å². The third-order valence-electron chi connectivity index (χ3n) is 4.19. The van der Waals surface area contributed by atoms with Gasteiger partial charge in [-0.15, -0.1) is 0 Å². The molecule has 0 atom stereocenters. The molecule has 1 aliphatic rings. The third kappa shape index (κ3) is 4.28. The van der Waals surface area contributed by atoms with Crippen molar-refractivity contribution in [3.8, 4) is 0 Å². The molecule has 25 heavy (non-hydrogen) atoms. The second-order valence-electron chi connectivity index (χ2n) is 6.01. The highest BCUT2D eigenvalue weighted by atomic mass is 16.5. The highest BCUT2D eigenvalue weighted by Crippen LogP contribution is 2.28. The Morgan fingerprint density at radius 2 is 2.20 bits per heavy atom. The molecule has 1 N–H and O–H groups in total. The Morgan fingerprint density at radius 3 is 2.96 bits per heavy atom. The lowest BCUT2D eigenvalue weighted by Gasteiger charge is -2.14. The Balaban J connectivity index is 1.42. The smallest absolute Gasteiger partial charge is 0.251 e. The first-order chi connectivity index (χ1) is 12.1. The summed E-state index contributed by atoms with van der Waals surface area (Å²) in [5, 5.41) is 2.89. The fourth-order valence-corrected chi connectivity index (χ4v) is 2.92. The Hall–Kier alpha value is -2.60. The van der Waals surface area contributed by atoms with E-state index in [2.05, 4.69) is 5.32 Å². The van der Waals surface area contributed by atoms with Gasteiger partial charge < -0.3 is 19.4 Å². The SMILES string of the molecule is CC(=O)N1CCc2cc(C(=O)NCCCOCc3ccco3)ccc21. The summed E-state index contributed by atoms with van der Waals surface area (Å²) in [6.07, 6.45) is 3.14. The number of fused-ring (bicyclic) bond motifs is 1. The maximum absolute atomic E-state index is 12.2. The molecule has 132 valence electrons. The number of carbonyl (C=O) groups is 2. The molecule has 1 aromatic heterocycles. The fourth-order valence-electron chi connectivity index (χ4n) is 2.92. The topological polar surface area (TPSA) is 71.8 Å². The molecule has 6 nitrogen and oxygen atoms in total. The minimum atomic E-state index is -0.102. The van der Waals surface area contributed by atoms with E-state index in [1.807, 2.05) is 24.3 Å². The molecule has 0 unspecified atom stereocenters. The fraction of sp³-hybridized carbons (Fsp3) is 0.368. The predicted molar refractivity (Wildman–Crippen MR) is 93.5 cm³/mol. The zero-order chi connectivity index (χ0) is 17.6. The lowest BCUT2D eigenvalue weighted by Crippen LogP contribution is -2.26. The van der Waals surface area contributed by atoms with E-state index in [-0.39, 0.29) is 11.8 Å². The lowest BCUT2D eigenvalue weighted by atomic mass is 10.1. The van der Waals surface area contributed by atoms with Crippen LogP contribution in [0.4, 0.5) is 5.69 Å². The van der Waals surface area contributed by atoms with Gasteiger partial charge in [-0.3, -0.25) is 9.59 Å². The molecule has 2 heterocycles. The predicted octanol–water partition coefficient (Wildman–Crippen LogP) is 2.53. The molecule has 1 aromatic carbocycles. The molecular weight excluding hydrogens is 320 g/mol. The molecule has 1 aliphatic heterocycles. The van der Waals surface area contributed by atoms with Crippen LogP contribution in [0.25, 0.3) is 0 Å². The van der Waals surface area contributed by atoms with Gasteiger partial charge in [0.1, 0.15) is 12.4 Å². The minimum Gasteiger partial charge on any atom is -0.467 e. The van der Waals surface area contributed by atoms with E-state index in [4.69, 9.17) is 9.15 Å². The van der Waals surface area contributed by atoms with Gasteiger partial charge >= 0.3 is 0 Å². The maximum atomic E-state index is 12.2. The van der Waals surface area contributed by atoms with E-state index in [1.165, 1.54) is 0 Å². The molecule has 6 heteroatoms. The van der Waals surface area contributed by atoms with E-state index in [9.17, 15) is 9.59 Å². The third-order valence-corrected chi connectivity index (χ3v) is 4.19. The first kappa shape index (κ1) is 17.2. The molecule has 0 bridgehead atoms. The molecular formula is C19H22N2O4. The molecule has 2 amide bonds. The summed E-state index contributed by atoms with van der Waals surface area (Å²) in [4.78, 5) is 25.5. The van der Waals surface area contributed by atoms with E-state index in [1.54, 1.807) is 24.2 Å². The number of hydrogen-bond acceptors (Lipinski definition) is 4. The summed E-state index contributed by atoms with van der Waals surface area (Å²) in [7, 11) is 0. The van der Waals surface area contributed by atoms with Gasteiger partial charge in [0.15, 0.2) is 0 Å². The maximum Gasteiger partial charge on any atom is 0.251 e. The molecule has 0 fully saturated rings. The number of nitrogens with one attached hydrogen (secondary N) is 1. The summed E-state index contributed by atoms with van der Waals surface area (Å²) in [6.45, 7) is 3.79. The van der Waals surface area contributed by atoms with E-state index in [0.29, 0.717) is 31.9 Å². The Kier molecular flexibility index (Phi) is 5.50. The van der Waals surface area contributed by atoms with Crippen molar-refractivity contribution < 1.29 is 18.7 Å². The van der Waals surface area contributed by atoms with Crippen molar-refractivity contribution in [3.63, 3.8) is 0 Å². The minimum absolute atomic E-state index is 0.0329. The van der Waals surface area contributed by atoms with Crippen molar-refractivity contribution in [2.75, 3.05) is 24.6 Å². The van der Waals surface area contributed by atoms with Gasteiger partial charge in [0, 0.05) is 37.9 Å². The van der Waals surface area contributed by atoms with Crippen LogP contribution in [0.2, 0.25) is 0 Å². The van der Waals surface area contributed by atoms with Crippen LogP contribution in [-0.4, -0.2) is 31.5 Å². The average Bonchev–Trinajstić information content (AvgIpc) is 3.26. The molecule has 0 saturated heterocycles. The molecule has 0 saturated carbocycles. The zero-order valence-corrected chi connectivity index (χ0v) is 14.3. The summed E-state index contributed by atoms with van der Waals surface area (Å²) >= 11 is 0. The second kappa shape index (κ2) is 7.98. The monoisotopic (exact) mass is 342 g/mol. The second-order valence-corrected chi connectivity index (χ2v) is 6.01. The van der Waals surface area contributed by atoms with Crippen molar-refractivity contribution in [1.82, 2.24) is 5.32 Å². The van der Waals surface area contributed by atoms with Gasteiger partial charge in [-0.25, -0.2) is 0 Å². The number of anilines is 1. The van der Waals surface area contributed by atoms with Crippen molar-refractivity contribution in [3.05, 3.63) is 53.5 Å². The quantitative estimate of drug-likeness (QED) is 0.785. The van der Waals surface area contributed by atoms with Crippen LogP contribution in [0, 0.1) is 0 Å². The van der Waals surface area contributed by atoms with Gasteiger partial charge in [0.05, 0.1) is 6.26 Å². The normalized spacial score (nSPS) is 12.9.